The van der Waals surface area contributed by atoms with Gasteiger partial charge in [0.2, 0.25) is 0 Å². The van der Waals surface area contributed by atoms with Crippen molar-refractivity contribution in [1.29, 1.82) is 0 Å². The quantitative estimate of drug-likeness (QED) is 0.571. The lowest BCUT2D eigenvalue weighted by atomic mass is 9.66. The molecule has 0 saturated carbocycles. The maximum absolute atomic E-state index is 2.41. The number of benzene rings is 2. The van der Waals surface area contributed by atoms with E-state index in [4.69, 9.17) is 0 Å². The van der Waals surface area contributed by atoms with Gasteiger partial charge in [-0.15, -0.1) is 0 Å². The first-order valence-electron chi connectivity index (χ1n) is 11.2. The predicted molar refractivity (Wildman–Crippen MR) is 128 cm³/mol. The van der Waals surface area contributed by atoms with E-state index in [1.54, 1.807) is 0 Å². The molecule has 2 aliphatic heterocycles. The largest absolute Gasteiger partial charge is 0.374 e. The minimum Gasteiger partial charge on any atom is -0.374 e. The average molecular weight is 393 g/mol. The molecule has 2 aromatic rings. The van der Waals surface area contributed by atoms with Gasteiger partial charge in [-0.2, -0.15) is 0 Å². The van der Waals surface area contributed by atoms with Gasteiger partial charge in [0.25, 0.3) is 0 Å². The van der Waals surface area contributed by atoms with Crippen LogP contribution in [0.25, 0.3) is 0 Å². The molecule has 2 heterocycles. The molecule has 0 bridgehead atoms. The maximum atomic E-state index is 2.41. The molecule has 0 saturated heterocycles. The molecule has 2 heteroatoms. The summed E-state index contributed by atoms with van der Waals surface area (Å²) in [6, 6.07) is 17.6. The second-order valence-corrected chi connectivity index (χ2v) is 10.3. The normalized spacial score (nSPS) is 22.3. The van der Waals surface area contributed by atoms with Crippen LogP contribution in [0, 0.1) is 17.8 Å². The van der Waals surface area contributed by atoms with Gasteiger partial charge in [-0.25, -0.2) is 0 Å². The van der Waals surface area contributed by atoms with Gasteiger partial charge in [-0.1, -0.05) is 77.9 Å². The molecule has 4 rings (SSSR count). The Hall–Kier alpha value is -1.96. The lowest BCUT2D eigenvalue weighted by molar-refractivity contribution is 0.234. The second-order valence-electron chi connectivity index (χ2n) is 10.3. The summed E-state index contributed by atoms with van der Waals surface area (Å²) >= 11 is 0. The molecule has 0 aliphatic carbocycles. The molecule has 0 fully saturated rings. The van der Waals surface area contributed by atoms with Crippen molar-refractivity contribution in [2.24, 2.45) is 17.8 Å². The van der Waals surface area contributed by atoms with Crippen LogP contribution in [0.3, 0.4) is 0 Å². The Bertz CT molecular complexity index is 821. The number of fused-ring (bicyclic) bond motifs is 2. The molecule has 0 radical (unpaired) electrons. The number of para-hydroxylation sites is 2. The Morgan fingerprint density at radius 3 is 1.93 bits per heavy atom. The van der Waals surface area contributed by atoms with Crippen molar-refractivity contribution in [3.05, 3.63) is 59.7 Å². The standard InChI is InChI=1S/C15H23N.C12H17N/c1-11(2)13-10-16(5)14-9-7-6-8-12(14)15(13,3)4;1-9(2)11-8-13(3)12-7-5-4-6-10(11)12/h6-9,11,13H,10H2,1-5H3;4-7,9,11H,8H2,1-3H3. The molecule has 2 atom stereocenters. The third-order valence-electron chi connectivity index (χ3n) is 7.23. The Kier molecular flexibility index (Phi) is 6.31. The van der Waals surface area contributed by atoms with Gasteiger partial charge in [0.1, 0.15) is 0 Å². The highest BCUT2D eigenvalue weighted by Gasteiger charge is 2.39. The summed E-state index contributed by atoms with van der Waals surface area (Å²) in [4.78, 5) is 4.77. The van der Waals surface area contributed by atoms with E-state index < -0.39 is 0 Å². The summed E-state index contributed by atoms with van der Waals surface area (Å²) in [5.41, 5.74) is 6.14. The molecule has 2 nitrogen and oxygen atoms in total. The van der Waals surface area contributed by atoms with Crippen molar-refractivity contribution in [1.82, 2.24) is 0 Å². The van der Waals surface area contributed by atoms with Crippen LogP contribution in [0.2, 0.25) is 0 Å². The SMILES string of the molecule is CC(C)C1CN(C)c2ccccc21.CC(C)C1CN(C)c2ccccc2C1(C)C. The number of hydrogen-bond acceptors (Lipinski definition) is 2. The average Bonchev–Trinajstić information content (AvgIpc) is 3.03. The lowest BCUT2D eigenvalue weighted by Gasteiger charge is -2.47. The van der Waals surface area contributed by atoms with Crippen molar-refractivity contribution in [3.8, 4) is 0 Å². The van der Waals surface area contributed by atoms with Crippen molar-refractivity contribution >= 4 is 11.4 Å². The second kappa shape index (κ2) is 8.42. The maximum Gasteiger partial charge on any atom is 0.0401 e. The number of hydrogen-bond donors (Lipinski definition) is 0. The topological polar surface area (TPSA) is 6.48 Å². The van der Waals surface area contributed by atoms with Crippen molar-refractivity contribution in [2.75, 3.05) is 37.0 Å². The number of anilines is 2. The van der Waals surface area contributed by atoms with Gasteiger partial charge in [-0.05, 0) is 46.4 Å². The van der Waals surface area contributed by atoms with Crippen LogP contribution in [0.15, 0.2) is 48.5 Å². The Morgan fingerprint density at radius 2 is 1.31 bits per heavy atom. The zero-order valence-corrected chi connectivity index (χ0v) is 19.7. The van der Waals surface area contributed by atoms with Crippen LogP contribution in [0.5, 0.6) is 0 Å². The molecule has 29 heavy (non-hydrogen) atoms. The highest BCUT2D eigenvalue weighted by molar-refractivity contribution is 5.60. The van der Waals surface area contributed by atoms with E-state index in [-0.39, 0.29) is 5.41 Å². The Morgan fingerprint density at radius 1 is 0.759 bits per heavy atom. The van der Waals surface area contributed by atoms with E-state index in [2.05, 4.69) is 114 Å². The molecular weight excluding hydrogens is 352 g/mol. The van der Waals surface area contributed by atoms with Gasteiger partial charge in [-0.3, -0.25) is 0 Å². The van der Waals surface area contributed by atoms with Crippen molar-refractivity contribution in [2.45, 2.75) is 52.9 Å². The van der Waals surface area contributed by atoms with Gasteiger partial charge in [0.15, 0.2) is 0 Å². The summed E-state index contributed by atoms with van der Waals surface area (Å²) in [5.74, 6) is 2.92. The number of nitrogens with zero attached hydrogens (tertiary/aromatic N) is 2. The molecule has 0 N–H and O–H groups in total. The fraction of sp³-hybridized carbons (Fsp3) is 0.556. The Labute approximate surface area is 178 Å². The van der Waals surface area contributed by atoms with E-state index in [0.717, 1.165) is 23.7 Å². The summed E-state index contributed by atoms with van der Waals surface area (Å²) in [6.45, 7) is 16.4. The monoisotopic (exact) mass is 392 g/mol. The molecule has 0 aromatic heterocycles. The highest BCUT2D eigenvalue weighted by atomic mass is 15.1. The molecule has 0 spiro atoms. The number of likely N-dealkylation sites (N-methyl/N-ethyl adjacent to an activating group) is 1. The zero-order valence-electron chi connectivity index (χ0n) is 19.7. The van der Waals surface area contributed by atoms with Crippen LogP contribution >= 0.6 is 0 Å². The molecule has 0 amide bonds. The highest BCUT2D eigenvalue weighted by Crippen LogP contribution is 2.45. The summed E-state index contributed by atoms with van der Waals surface area (Å²) in [6.07, 6.45) is 0. The third kappa shape index (κ3) is 4.17. The van der Waals surface area contributed by atoms with Crippen LogP contribution < -0.4 is 9.80 Å². The van der Waals surface area contributed by atoms with Gasteiger partial charge < -0.3 is 9.80 Å². The van der Waals surface area contributed by atoms with E-state index in [9.17, 15) is 0 Å². The van der Waals surface area contributed by atoms with Crippen molar-refractivity contribution < 1.29 is 0 Å². The van der Waals surface area contributed by atoms with Gasteiger partial charge in [0.05, 0.1) is 0 Å². The number of rotatable bonds is 2. The van der Waals surface area contributed by atoms with E-state index >= 15 is 0 Å². The summed E-state index contributed by atoms with van der Waals surface area (Å²) in [7, 11) is 4.39. The molecule has 158 valence electrons. The third-order valence-corrected chi connectivity index (χ3v) is 7.23. The first-order valence-corrected chi connectivity index (χ1v) is 11.2. The zero-order chi connectivity index (χ0) is 21.3. The molecule has 2 aromatic carbocycles. The fourth-order valence-corrected chi connectivity index (χ4v) is 5.43. The van der Waals surface area contributed by atoms with Crippen LogP contribution in [-0.2, 0) is 5.41 Å². The molecular formula is C27H40N2. The van der Waals surface area contributed by atoms with E-state index in [1.165, 1.54) is 35.6 Å². The minimum atomic E-state index is 0.289. The van der Waals surface area contributed by atoms with E-state index in [1.807, 2.05) is 0 Å². The Balaban J connectivity index is 0.000000169. The smallest absolute Gasteiger partial charge is 0.0401 e. The fourth-order valence-electron chi connectivity index (χ4n) is 5.43. The van der Waals surface area contributed by atoms with Crippen LogP contribution in [0.4, 0.5) is 11.4 Å². The predicted octanol–water partition coefficient (Wildman–Crippen LogP) is 6.56. The lowest BCUT2D eigenvalue weighted by Crippen LogP contribution is -2.45. The van der Waals surface area contributed by atoms with Crippen LogP contribution in [-0.4, -0.2) is 27.2 Å². The van der Waals surface area contributed by atoms with E-state index in [0.29, 0.717) is 0 Å². The van der Waals surface area contributed by atoms with Gasteiger partial charge in [0, 0.05) is 44.5 Å². The summed E-state index contributed by atoms with van der Waals surface area (Å²) in [5, 5.41) is 0. The minimum absolute atomic E-state index is 0.289. The first kappa shape index (κ1) is 21.7. The summed E-state index contributed by atoms with van der Waals surface area (Å²) < 4.78 is 0. The molecule has 2 unspecified atom stereocenters. The molecule has 2 aliphatic rings. The first-order chi connectivity index (χ1) is 13.6. The van der Waals surface area contributed by atoms with Crippen molar-refractivity contribution in [3.63, 3.8) is 0 Å². The van der Waals surface area contributed by atoms with Crippen LogP contribution in [0.1, 0.15) is 58.6 Å². The van der Waals surface area contributed by atoms with Gasteiger partial charge >= 0.3 is 0 Å².